The molecule has 1 fully saturated rings. The summed E-state index contributed by atoms with van der Waals surface area (Å²) in [5.74, 6) is 0.519. The monoisotopic (exact) mass is 430 g/mol. The number of aryl methyl sites for hydroxylation is 1. The van der Waals surface area contributed by atoms with E-state index in [-0.39, 0.29) is 17.3 Å². The number of rotatable bonds is 7. The Kier molecular flexibility index (Phi) is 6.83. The second-order valence-electron chi connectivity index (χ2n) is 8.08. The summed E-state index contributed by atoms with van der Waals surface area (Å²) in [6.07, 6.45) is 1.30. The fourth-order valence-electron chi connectivity index (χ4n) is 3.71. The van der Waals surface area contributed by atoms with Crippen LogP contribution in [0.1, 0.15) is 37.8 Å². The van der Waals surface area contributed by atoms with Crippen molar-refractivity contribution in [3.05, 3.63) is 59.7 Å². The van der Waals surface area contributed by atoms with Crippen LogP contribution < -0.4 is 10.1 Å². The van der Waals surface area contributed by atoms with E-state index in [4.69, 9.17) is 4.74 Å². The molecule has 2 aromatic rings. The highest BCUT2D eigenvalue weighted by atomic mass is 32.2. The van der Waals surface area contributed by atoms with Gasteiger partial charge in [-0.3, -0.25) is 4.79 Å². The lowest BCUT2D eigenvalue weighted by atomic mass is 9.82. The lowest BCUT2D eigenvalue weighted by Crippen LogP contribution is -2.51. The quantitative estimate of drug-likeness (QED) is 0.729. The van der Waals surface area contributed by atoms with Gasteiger partial charge in [-0.15, -0.1) is 0 Å². The molecule has 7 heteroatoms. The summed E-state index contributed by atoms with van der Waals surface area (Å²) in [7, 11) is -3.67. The molecule has 1 heterocycles. The molecule has 0 spiro atoms. The molecule has 6 nitrogen and oxygen atoms in total. The number of nitrogens with one attached hydrogen (secondary N) is 1. The summed E-state index contributed by atoms with van der Waals surface area (Å²) in [6, 6.07) is 14.4. The Morgan fingerprint density at radius 3 is 2.43 bits per heavy atom. The van der Waals surface area contributed by atoms with Gasteiger partial charge in [-0.1, -0.05) is 29.8 Å². The summed E-state index contributed by atoms with van der Waals surface area (Å²) in [4.78, 5) is 13.2. The molecule has 0 bridgehead atoms. The molecule has 162 valence electrons. The average molecular weight is 431 g/mol. The number of hydrogen-bond acceptors (Lipinski definition) is 4. The predicted octanol–water partition coefficient (Wildman–Crippen LogP) is 3.50. The van der Waals surface area contributed by atoms with Crippen molar-refractivity contribution in [1.29, 1.82) is 0 Å². The smallest absolute Gasteiger partial charge is 0.243 e. The Hall–Kier alpha value is -2.38. The van der Waals surface area contributed by atoms with Crippen molar-refractivity contribution in [2.45, 2.75) is 45.1 Å². The van der Waals surface area contributed by atoms with E-state index in [2.05, 4.69) is 5.32 Å². The Balaban J connectivity index is 1.69. The third-order valence-corrected chi connectivity index (χ3v) is 7.42. The number of carbonyl (C=O) groups is 1. The summed E-state index contributed by atoms with van der Waals surface area (Å²) < 4.78 is 33.1. The third kappa shape index (κ3) is 5.02. The van der Waals surface area contributed by atoms with E-state index in [1.165, 1.54) is 9.87 Å². The molecule has 2 aromatic carbocycles. The maximum absolute atomic E-state index is 13.1. The number of benzene rings is 2. The molecule has 1 amide bonds. The summed E-state index contributed by atoms with van der Waals surface area (Å²) in [6.45, 7) is 7.28. The second-order valence-corrected chi connectivity index (χ2v) is 10.0. The molecular weight excluding hydrogens is 400 g/mol. The number of sulfonamides is 1. The first-order valence-electron chi connectivity index (χ1n) is 10.3. The first-order chi connectivity index (χ1) is 14.2. The van der Waals surface area contributed by atoms with Gasteiger partial charge in [0.1, 0.15) is 5.75 Å². The van der Waals surface area contributed by atoms with Gasteiger partial charge in [-0.2, -0.15) is 4.31 Å². The Morgan fingerprint density at radius 2 is 1.80 bits per heavy atom. The topological polar surface area (TPSA) is 75.7 Å². The molecule has 1 aliphatic rings. The van der Waals surface area contributed by atoms with Crippen LogP contribution in [0, 0.1) is 12.3 Å². The van der Waals surface area contributed by atoms with Crippen molar-refractivity contribution in [2.24, 2.45) is 5.41 Å². The SMILES string of the molecule is CCOc1ccc(S(=O)(=O)N2CCC[C@@](C)(C(=O)NCc3ccc(C)cc3)C2)cc1. The zero-order chi connectivity index (χ0) is 21.8. The molecule has 0 aliphatic carbocycles. The zero-order valence-electron chi connectivity index (χ0n) is 17.8. The third-order valence-electron chi connectivity index (χ3n) is 5.56. The van der Waals surface area contributed by atoms with E-state index in [0.29, 0.717) is 38.3 Å². The number of ether oxygens (including phenoxy) is 1. The van der Waals surface area contributed by atoms with Gasteiger partial charge < -0.3 is 10.1 Å². The maximum atomic E-state index is 13.1. The molecule has 30 heavy (non-hydrogen) atoms. The summed E-state index contributed by atoms with van der Waals surface area (Å²) in [5, 5.41) is 2.98. The number of carbonyl (C=O) groups excluding carboxylic acids is 1. The lowest BCUT2D eigenvalue weighted by Gasteiger charge is -2.38. The van der Waals surface area contributed by atoms with Gasteiger partial charge in [0, 0.05) is 19.6 Å². The zero-order valence-corrected chi connectivity index (χ0v) is 18.7. The minimum absolute atomic E-state index is 0.116. The van der Waals surface area contributed by atoms with E-state index in [9.17, 15) is 13.2 Å². The van der Waals surface area contributed by atoms with Crippen molar-refractivity contribution in [1.82, 2.24) is 9.62 Å². The van der Waals surface area contributed by atoms with Crippen molar-refractivity contribution in [3.8, 4) is 5.75 Å². The Morgan fingerprint density at radius 1 is 1.13 bits per heavy atom. The van der Waals surface area contributed by atoms with Crippen LogP contribution in [0.4, 0.5) is 0 Å². The van der Waals surface area contributed by atoms with Crippen LogP contribution in [0.15, 0.2) is 53.4 Å². The fraction of sp³-hybridized carbons (Fsp3) is 0.435. The first kappa shape index (κ1) is 22.3. The molecular formula is C23H30N2O4S. The molecule has 0 aromatic heterocycles. The van der Waals surface area contributed by atoms with Crippen LogP contribution in [0.5, 0.6) is 5.75 Å². The fourth-order valence-corrected chi connectivity index (χ4v) is 5.31. The van der Waals surface area contributed by atoms with Gasteiger partial charge in [0.25, 0.3) is 0 Å². The van der Waals surface area contributed by atoms with Gasteiger partial charge in [0.05, 0.1) is 16.9 Å². The molecule has 3 rings (SSSR count). The van der Waals surface area contributed by atoms with Crippen molar-refractivity contribution >= 4 is 15.9 Å². The summed E-state index contributed by atoms with van der Waals surface area (Å²) in [5.41, 5.74) is 1.42. The minimum atomic E-state index is -3.67. The standard InChI is InChI=1S/C23H30N2O4S/c1-4-29-20-10-12-21(13-11-20)30(27,28)25-15-5-14-23(3,17-25)22(26)24-16-19-8-6-18(2)7-9-19/h6-13H,4-5,14-17H2,1-3H3,(H,24,26)/t23-/m1/s1. The first-order valence-corrected chi connectivity index (χ1v) is 11.8. The van der Waals surface area contributed by atoms with Gasteiger partial charge in [-0.25, -0.2) is 8.42 Å². The van der Waals surface area contributed by atoms with Crippen LogP contribution in [-0.4, -0.2) is 38.3 Å². The molecule has 0 saturated carbocycles. The maximum Gasteiger partial charge on any atom is 0.243 e. The normalized spacial score (nSPS) is 20.0. The van der Waals surface area contributed by atoms with E-state index in [1.807, 2.05) is 45.0 Å². The highest BCUT2D eigenvalue weighted by molar-refractivity contribution is 7.89. The van der Waals surface area contributed by atoms with E-state index in [1.54, 1.807) is 24.3 Å². The van der Waals surface area contributed by atoms with Crippen molar-refractivity contribution < 1.29 is 17.9 Å². The highest BCUT2D eigenvalue weighted by Gasteiger charge is 2.41. The molecule has 1 N–H and O–H groups in total. The van der Waals surface area contributed by atoms with Crippen LogP contribution >= 0.6 is 0 Å². The van der Waals surface area contributed by atoms with E-state index < -0.39 is 15.4 Å². The number of nitrogens with zero attached hydrogens (tertiary/aromatic N) is 1. The largest absolute Gasteiger partial charge is 0.494 e. The van der Waals surface area contributed by atoms with Crippen LogP contribution in [-0.2, 0) is 21.4 Å². The molecule has 1 aliphatic heterocycles. The van der Waals surface area contributed by atoms with Crippen molar-refractivity contribution in [3.63, 3.8) is 0 Å². The number of hydrogen-bond donors (Lipinski definition) is 1. The van der Waals surface area contributed by atoms with Crippen molar-refractivity contribution in [2.75, 3.05) is 19.7 Å². The highest BCUT2D eigenvalue weighted by Crippen LogP contribution is 2.33. The molecule has 0 unspecified atom stereocenters. The van der Waals surface area contributed by atoms with Crippen LogP contribution in [0.25, 0.3) is 0 Å². The van der Waals surface area contributed by atoms with Gasteiger partial charge in [0.2, 0.25) is 15.9 Å². The number of amides is 1. The van der Waals surface area contributed by atoms with Gasteiger partial charge >= 0.3 is 0 Å². The number of piperidine rings is 1. The van der Waals surface area contributed by atoms with E-state index in [0.717, 1.165) is 5.56 Å². The van der Waals surface area contributed by atoms with Gasteiger partial charge in [0.15, 0.2) is 0 Å². The van der Waals surface area contributed by atoms with Crippen LogP contribution in [0.3, 0.4) is 0 Å². The lowest BCUT2D eigenvalue weighted by molar-refractivity contribution is -0.132. The van der Waals surface area contributed by atoms with Crippen LogP contribution in [0.2, 0.25) is 0 Å². The van der Waals surface area contributed by atoms with E-state index >= 15 is 0 Å². The molecule has 1 saturated heterocycles. The average Bonchev–Trinajstić information content (AvgIpc) is 2.74. The molecule has 0 radical (unpaired) electrons. The second kappa shape index (κ2) is 9.18. The summed E-state index contributed by atoms with van der Waals surface area (Å²) >= 11 is 0. The Labute approximate surface area is 179 Å². The molecule has 1 atom stereocenters. The van der Waals surface area contributed by atoms with Gasteiger partial charge in [-0.05, 0) is 63.4 Å². The Bertz CT molecular complexity index is 971. The predicted molar refractivity (Wildman–Crippen MR) is 117 cm³/mol. The minimum Gasteiger partial charge on any atom is -0.494 e.